The largest absolute Gasteiger partial charge is 0.385 e. The Morgan fingerprint density at radius 2 is 2.00 bits per heavy atom. The van der Waals surface area contributed by atoms with Gasteiger partial charge in [-0.3, -0.25) is 4.79 Å². The SMILES string of the molecule is COCCCC(=O)NCc1ccc(C)cc1. The third kappa shape index (κ3) is 4.94. The van der Waals surface area contributed by atoms with E-state index in [1.807, 2.05) is 31.2 Å². The second-order valence-electron chi connectivity index (χ2n) is 3.86. The lowest BCUT2D eigenvalue weighted by Crippen LogP contribution is -2.22. The Hall–Kier alpha value is -1.35. The Morgan fingerprint density at radius 1 is 1.31 bits per heavy atom. The molecule has 0 heterocycles. The van der Waals surface area contributed by atoms with Crippen molar-refractivity contribution in [3.05, 3.63) is 35.4 Å². The number of methoxy groups -OCH3 is 1. The molecule has 0 spiro atoms. The number of aryl methyl sites for hydroxylation is 1. The summed E-state index contributed by atoms with van der Waals surface area (Å²) in [5.74, 6) is 0.0811. The topological polar surface area (TPSA) is 38.3 Å². The van der Waals surface area contributed by atoms with Gasteiger partial charge >= 0.3 is 0 Å². The van der Waals surface area contributed by atoms with Gasteiger partial charge in [-0.15, -0.1) is 0 Å². The summed E-state index contributed by atoms with van der Waals surface area (Å²) in [6.07, 6.45) is 1.30. The van der Waals surface area contributed by atoms with Crippen LogP contribution in [0.3, 0.4) is 0 Å². The van der Waals surface area contributed by atoms with Crippen molar-refractivity contribution in [1.82, 2.24) is 5.32 Å². The summed E-state index contributed by atoms with van der Waals surface area (Å²) in [5, 5.41) is 2.88. The summed E-state index contributed by atoms with van der Waals surface area (Å²) in [5.41, 5.74) is 2.36. The number of carbonyl (C=O) groups excluding carboxylic acids is 1. The highest BCUT2D eigenvalue weighted by Gasteiger charge is 2.00. The van der Waals surface area contributed by atoms with Gasteiger partial charge < -0.3 is 10.1 Å². The Kier molecular flexibility index (Phi) is 5.57. The van der Waals surface area contributed by atoms with Crippen LogP contribution < -0.4 is 5.32 Å². The van der Waals surface area contributed by atoms with E-state index in [4.69, 9.17) is 4.74 Å². The van der Waals surface area contributed by atoms with E-state index in [0.717, 1.165) is 12.0 Å². The van der Waals surface area contributed by atoms with Gasteiger partial charge in [0, 0.05) is 26.7 Å². The van der Waals surface area contributed by atoms with E-state index < -0.39 is 0 Å². The molecule has 16 heavy (non-hydrogen) atoms. The Labute approximate surface area is 96.8 Å². The van der Waals surface area contributed by atoms with Crippen LogP contribution in [0, 0.1) is 6.92 Å². The van der Waals surface area contributed by atoms with Crippen LogP contribution in [0.1, 0.15) is 24.0 Å². The summed E-state index contributed by atoms with van der Waals surface area (Å²) < 4.78 is 4.89. The zero-order chi connectivity index (χ0) is 11.8. The van der Waals surface area contributed by atoms with Crippen LogP contribution in [-0.4, -0.2) is 19.6 Å². The molecule has 1 amide bonds. The number of ether oxygens (including phenoxy) is 1. The van der Waals surface area contributed by atoms with Crippen LogP contribution in [0.4, 0.5) is 0 Å². The molecule has 0 saturated heterocycles. The fourth-order valence-corrected chi connectivity index (χ4v) is 1.37. The summed E-state index contributed by atoms with van der Waals surface area (Å²) in [6, 6.07) is 8.16. The maximum absolute atomic E-state index is 11.4. The number of rotatable bonds is 6. The molecule has 3 nitrogen and oxygen atoms in total. The number of benzene rings is 1. The molecule has 0 aliphatic rings. The van der Waals surface area contributed by atoms with Crippen molar-refractivity contribution < 1.29 is 9.53 Å². The molecular weight excluding hydrogens is 202 g/mol. The molecular formula is C13H19NO2. The molecule has 0 aliphatic heterocycles. The first-order valence-corrected chi connectivity index (χ1v) is 5.53. The molecule has 1 rings (SSSR count). The molecule has 1 N–H and O–H groups in total. The number of carbonyl (C=O) groups is 1. The monoisotopic (exact) mass is 221 g/mol. The minimum absolute atomic E-state index is 0.0811. The zero-order valence-electron chi connectivity index (χ0n) is 9.95. The first kappa shape index (κ1) is 12.7. The average molecular weight is 221 g/mol. The predicted octanol–water partition coefficient (Wildman–Crippen LogP) is 2.04. The van der Waals surface area contributed by atoms with Crippen molar-refractivity contribution in [1.29, 1.82) is 0 Å². The van der Waals surface area contributed by atoms with E-state index >= 15 is 0 Å². The number of amides is 1. The molecule has 1 aromatic rings. The Bertz CT molecular complexity index is 319. The van der Waals surface area contributed by atoms with Gasteiger partial charge in [0.1, 0.15) is 0 Å². The third-order valence-corrected chi connectivity index (χ3v) is 2.36. The van der Waals surface area contributed by atoms with E-state index in [1.165, 1.54) is 5.56 Å². The van der Waals surface area contributed by atoms with Crippen molar-refractivity contribution >= 4 is 5.91 Å². The standard InChI is InChI=1S/C13H19NO2/c1-11-5-7-12(8-6-11)10-14-13(15)4-3-9-16-2/h5-8H,3-4,9-10H2,1-2H3,(H,14,15). The van der Waals surface area contributed by atoms with Crippen LogP contribution in [0.15, 0.2) is 24.3 Å². The van der Waals surface area contributed by atoms with Crippen LogP contribution in [0.2, 0.25) is 0 Å². The molecule has 88 valence electrons. The molecule has 0 radical (unpaired) electrons. The lowest BCUT2D eigenvalue weighted by atomic mass is 10.1. The van der Waals surface area contributed by atoms with Crippen molar-refractivity contribution in [2.24, 2.45) is 0 Å². The van der Waals surface area contributed by atoms with Crippen LogP contribution in [-0.2, 0) is 16.1 Å². The van der Waals surface area contributed by atoms with Gasteiger partial charge in [-0.2, -0.15) is 0 Å². The second kappa shape index (κ2) is 7.01. The van der Waals surface area contributed by atoms with Crippen molar-refractivity contribution in [3.8, 4) is 0 Å². The quantitative estimate of drug-likeness (QED) is 0.746. The molecule has 0 aliphatic carbocycles. The molecule has 0 fully saturated rings. The van der Waals surface area contributed by atoms with Gasteiger partial charge in [0.2, 0.25) is 5.91 Å². The van der Waals surface area contributed by atoms with Crippen molar-refractivity contribution in [2.45, 2.75) is 26.3 Å². The Balaban J connectivity index is 2.23. The predicted molar refractivity (Wildman–Crippen MR) is 64.1 cm³/mol. The fraction of sp³-hybridized carbons (Fsp3) is 0.462. The van der Waals surface area contributed by atoms with Crippen LogP contribution in [0.25, 0.3) is 0 Å². The highest BCUT2D eigenvalue weighted by atomic mass is 16.5. The van der Waals surface area contributed by atoms with Gasteiger partial charge in [0.15, 0.2) is 0 Å². The Morgan fingerprint density at radius 3 is 2.62 bits per heavy atom. The van der Waals surface area contributed by atoms with E-state index in [-0.39, 0.29) is 5.91 Å². The van der Waals surface area contributed by atoms with Crippen LogP contribution >= 0.6 is 0 Å². The lowest BCUT2D eigenvalue weighted by Gasteiger charge is -2.05. The van der Waals surface area contributed by atoms with Crippen molar-refractivity contribution in [2.75, 3.05) is 13.7 Å². The molecule has 3 heteroatoms. The molecule has 0 bridgehead atoms. The lowest BCUT2D eigenvalue weighted by molar-refractivity contribution is -0.121. The van der Waals surface area contributed by atoms with Gasteiger partial charge in [-0.1, -0.05) is 29.8 Å². The van der Waals surface area contributed by atoms with Gasteiger partial charge in [0.25, 0.3) is 0 Å². The van der Waals surface area contributed by atoms with E-state index in [0.29, 0.717) is 19.6 Å². The normalized spacial score (nSPS) is 10.1. The highest BCUT2D eigenvalue weighted by molar-refractivity contribution is 5.75. The first-order chi connectivity index (χ1) is 7.72. The summed E-state index contributed by atoms with van der Waals surface area (Å²) in [6.45, 7) is 3.29. The summed E-state index contributed by atoms with van der Waals surface area (Å²) in [7, 11) is 1.64. The molecule has 0 unspecified atom stereocenters. The minimum atomic E-state index is 0.0811. The maximum Gasteiger partial charge on any atom is 0.220 e. The van der Waals surface area contributed by atoms with Gasteiger partial charge in [-0.25, -0.2) is 0 Å². The van der Waals surface area contributed by atoms with Crippen molar-refractivity contribution in [3.63, 3.8) is 0 Å². The second-order valence-corrected chi connectivity index (χ2v) is 3.86. The maximum atomic E-state index is 11.4. The summed E-state index contributed by atoms with van der Waals surface area (Å²) in [4.78, 5) is 11.4. The molecule has 0 saturated carbocycles. The fourth-order valence-electron chi connectivity index (χ4n) is 1.37. The average Bonchev–Trinajstić information content (AvgIpc) is 2.29. The number of hydrogen-bond donors (Lipinski definition) is 1. The van der Waals surface area contributed by atoms with Crippen LogP contribution in [0.5, 0.6) is 0 Å². The number of nitrogens with one attached hydrogen (secondary N) is 1. The zero-order valence-corrected chi connectivity index (χ0v) is 9.95. The van der Waals surface area contributed by atoms with E-state index in [1.54, 1.807) is 7.11 Å². The molecule has 1 aromatic carbocycles. The molecule has 0 aromatic heterocycles. The summed E-state index contributed by atoms with van der Waals surface area (Å²) >= 11 is 0. The first-order valence-electron chi connectivity index (χ1n) is 5.53. The van der Waals surface area contributed by atoms with Gasteiger partial charge in [-0.05, 0) is 18.9 Å². The molecule has 0 atom stereocenters. The smallest absolute Gasteiger partial charge is 0.220 e. The minimum Gasteiger partial charge on any atom is -0.385 e. The van der Waals surface area contributed by atoms with E-state index in [2.05, 4.69) is 5.32 Å². The highest BCUT2D eigenvalue weighted by Crippen LogP contribution is 2.02. The third-order valence-electron chi connectivity index (χ3n) is 2.36. The van der Waals surface area contributed by atoms with Gasteiger partial charge in [0.05, 0.1) is 0 Å². The van der Waals surface area contributed by atoms with E-state index in [9.17, 15) is 4.79 Å². The number of hydrogen-bond acceptors (Lipinski definition) is 2.